The number of hydrogen-bond acceptors (Lipinski definition) is 3. The molecule has 25 heavy (non-hydrogen) atoms. The Morgan fingerprint density at radius 2 is 0.920 bits per heavy atom. The molecule has 0 spiro atoms. The highest BCUT2D eigenvalue weighted by molar-refractivity contribution is 7.77. The molecule has 0 aromatic carbocycles. The first-order chi connectivity index (χ1) is 11.6. The van der Waals surface area contributed by atoms with Gasteiger partial charge in [-0.15, -0.1) is 0 Å². The summed E-state index contributed by atoms with van der Waals surface area (Å²) in [6, 6.07) is 0. The van der Waals surface area contributed by atoms with E-state index in [1.165, 1.54) is 57.0 Å². The van der Waals surface area contributed by atoms with Crippen molar-refractivity contribution in [1.29, 1.82) is 0 Å². The first-order valence-corrected chi connectivity index (χ1v) is 14.8. The third-order valence-electron chi connectivity index (χ3n) is 4.58. The molecule has 0 aliphatic carbocycles. The molecular weight excluding hydrogens is 462 g/mol. The maximum absolute atomic E-state index is 6.23. The van der Waals surface area contributed by atoms with E-state index in [2.05, 4.69) is 41.5 Å². The molecular formula is C19H44IO3PSi. The monoisotopic (exact) mass is 506 g/mol. The van der Waals surface area contributed by atoms with Crippen molar-refractivity contribution >= 4 is 16.1 Å². The average molecular weight is 507 g/mol. The summed E-state index contributed by atoms with van der Waals surface area (Å²) in [5.74, 6) is 1.11. The molecule has 0 saturated carbocycles. The van der Waals surface area contributed by atoms with E-state index in [-0.39, 0.29) is 24.0 Å². The Morgan fingerprint density at radius 3 is 1.16 bits per heavy atom. The largest absolute Gasteiger partial charge is 1.00 e. The van der Waals surface area contributed by atoms with Gasteiger partial charge in [-0.1, -0.05) is 40.0 Å². The van der Waals surface area contributed by atoms with Crippen LogP contribution in [0.1, 0.15) is 80.1 Å². The SMILES string of the molecule is CCCC[P+](CCCC)(CCCC)C[Si](OCC)(OCC)OCC.[I-]. The van der Waals surface area contributed by atoms with Gasteiger partial charge in [0.25, 0.3) is 0 Å². The average Bonchev–Trinajstić information content (AvgIpc) is 2.57. The van der Waals surface area contributed by atoms with Crippen molar-refractivity contribution < 1.29 is 37.3 Å². The Bertz CT molecular complexity index is 257. The summed E-state index contributed by atoms with van der Waals surface area (Å²) >= 11 is 0. The molecule has 0 radical (unpaired) electrons. The van der Waals surface area contributed by atoms with Gasteiger partial charge in [0.05, 0.1) is 18.5 Å². The Kier molecular flexibility index (Phi) is 19.8. The molecule has 0 heterocycles. The van der Waals surface area contributed by atoms with Crippen LogP contribution in [0.5, 0.6) is 0 Å². The van der Waals surface area contributed by atoms with E-state index >= 15 is 0 Å². The highest BCUT2D eigenvalue weighted by Gasteiger charge is 2.53. The van der Waals surface area contributed by atoms with Gasteiger partial charge < -0.3 is 37.3 Å². The number of rotatable bonds is 17. The molecule has 0 N–H and O–H groups in total. The molecule has 3 nitrogen and oxygen atoms in total. The van der Waals surface area contributed by atoms with Crippen molar-refractivity contribution in [3.8, 4) is 0 Å². The molecule has 0 aromatic heterocycles. The predicted octanol–water partition coefficient (Wildman–Crippen LogP) is 3.00. The Morgan fingerprint density at radius 1 is 0.600 bits per heavy atom. The second kappa shape index (κ2) is 17.4. The highest BCUT2D eigenvalue weighted by atomic mass is 127. The summed E-state index contributed by atoms with van der Waals surface area (Å²) in [6.45, 7) is 15.2. The summed E-state index contributed by atoms with van der Waals surface area (Å²) < 4.78 is 18.7. The lowest BCUT2D eigenvalue weighted by Gasteiger charge is -2.35. The summed E-state index contributed by atoms with van der Waals surface area (Å²) in [5, 5.41) is 0. The van der Waals surface area contributed by atoms with Crippen LogP contribution in [-0.2, 0) is 13.3 Å². The van der Waals surface area contributed by atoms with E-state index in [9.17, 15) is 0 Å². The van der Waals surface area contributed by atoms with E-state index in [0.29, 0.717) is 19.8 Å². The quantitative estimate of drug-likeness (QED) is 0.173. The molecule has 0 aliphatic heterocycles. The lowest BCUT2D eigenvalue weighted by molar-refractivity contribution is -0.0000165. The van der Waals surface area contributed by atoms with Gasteiger partial charge in [-0.25, -0.2) is 0 Å². The third kappa shape index (κ3) is 11.6. The van der Waals surface area contributed by atoms with Gasteiger partial charge in [-0.2, -0.15) is 0 Å². The Hall–Kier alpha value is 1.26. The van der Waals surface area contributed by atoms with Crippen LogP contribution in [0.4, 0.5) is 0 Å². The zero-order valence-corrected chi connectivity index (χ0v) is 21.8. The van der Waals surface area contributed by atoms with Crippen molar-refractivity contribution in [3.05, 3.63) is 0 Å². The Balaban J connectivity index is 0. The second-order valence-electron chi connectivity index (χ2n) is 6.71. The summed E-state index contributed by atoms with van der Waals surface area (Å²) in [5.41, 5.74) is 0. The molecule has 0 aliphatic rings. The van der Waals surface area contributed by atoms with Crippen LogP contribution in [0.2, 0.25) is 0 Å². The van der Waals surface area contributed by atoms with Crippen molar-refractivity contribution in [2.45, 2.75) is 80.1 Å². The minimum Gasteiger partial charge on any atom is -1.00 e. The minimum absolute atomic E-state index is 0. The smallest absolute Gasteiger partial charge is 0.540 e. The van der Waals surface area contributed by atoms with Gasteiger partial charge in [0.15, 0.2) is 0 Å². The van der Waals surface area contributed by atoms with E-state index in [1.54, 1.807) is 0 Å². The normalized spacial score (nSPS) is 12.2. The van der Waals surface area contributed by atoms with E-state index in [1.807, 2.05) is 0 Å². The summed E-state index contributed by atoms with van der Waals surface area (Å²) in [6.07, 6.45) is 12.1. The minimum atomic E-state index is -2.53. The van der Waals surface area contributed by atoms with Crippen LogP contribution < -0.4 is 24.0 Å². The topological polar surface area (TPSA) is 27.7 Å². The number of hydrogen-bond donors (Lipinski definition) is 0. The van der Waals surface area contributed by atoms with Crippen molar-refractivity contribution in [2.24, 2.45) is 0 Å². The van der Waals surface area contributed by atoms with Crippen LogP contribution in [0.15, 0.2) is 0 Å². The molecule has 0 fully saturated rings. The van der Waals surface area contributed by atoms with Gasteiger partial charge in [-0.05, 0) is 40.0 Å². The standard InChI is InChI=1S/C19H44O3PSi.HI/c1-7-13-16-23(17-14-8-2,18-15-9-3)19-24(20-10-4,21-11-5)22-12-6;/h7-19H2,1-6H3;1H/q+1;/p-1. The van der Waals surface area contributed by atoms with Crippen molar-refractivity contribution in [1.82, 2.24) is 0 Å². The summed E-state index contributed by atoms with van der Waals surface area (Å²) in [4.78, 5) is 0. The maximum atomic E-state index is 6.23. The predicted molar refractivity (Wildman–Crippen MR) is 112 cm³/mol. The second-order valence-corrected chi connectivity index (χ2v) is 14.2. The van der Waals surface area contributed by atoms with Crippen LogP contribution in [0.25, 0.3) is 0 Å². The molecule has 0 unspecified atom stereocenters. The molecule has 0 amide bonds. The molecule has 0 aromatic rings. The van der Waals surface area contributed by atoms with Gasteiger partial charge in [0.2, 0.25) is 0 Å². The van der Waals surface area contributed by atoms with Crippen LogP contribution >= 0.6 is 7.26 Å². The maximum Gasteiger partial charge on any atom is 0.540 e. The van der Waals surface area contributed by atoms with Crippen molar-refractivity contribution in [2.75, 3.05) is 44.1 Å². The zero-order chi connectivity index (χ0) is 18.3. The van der Waals surface area contributed by atoms with E-state index < -0.39 is 16.1 Å². The van der Waals surface area contributed by atoms with Gasteiger partial charge in [0.1, 0.15) is 5.79 Å². The molecule has 154 valence electrons. The van der Waals surface area contributed by atoms with Gasteiger partial charge >= 0.3 is 8.80 Å². The summed E-state index contributed by atoms with van der Waals surface area (Å²) in [7, 11) is -3.60. The lowest BCUT2D eigenvalue weighted by Crippen LogP contribution is -3.00. The zero-order valence-electron chi connectivity index (χ0n) is 17.7. The molecule has 0 atom stereocenters. The number of unbranched alkanes of at least 4 members (excludes halogenated alkanes) is 3. The van der Waals surface area contributed by atoms with Gasteiger partial charge in [0, 0.05) is 27.1 Å². The van der Waals surface area contributed by atoms with Crippen LogP contribution in [0.3, 0.4) is 0 Å². The van der Waals surface area contributed by atoms with Crippen LogP contribution in [0, 0.1) is 0 Å². The van der Waals surface area contributed by atoms with Gasteiger partial charge in [-0.3, -0.25) is 0 Å². The molecule has 0 saturated heterocycles. The fourth-order valence-corrected chi connectivity index (χ4v) is 14.9. The first kappa shape index (κ1) is 28.5. The molecule has 0 rings (SSSR count). The van der Waals surface area contributed by atoms with E-state index in [0.717, 1.165) is 5.79 Å². The lowest BCUT2D eigenvalue weighted by atomic mass is 10.4. The fraction of sp³-hybridized carbons (Fsp3) is 1.00. The van der Waals surface area contributed by atoms with Crippen molar-refractivity contribution in [3.63, 3.8) is 0 Å². The van der Waals surface area contributed by atoms with E-state index in [4.69, 9.17) is 13.3 Å². The molecule has 0 bridgehead atoms. The number of halogens is 1. The fourth-order valence-electron chi connectivity index (χ4n) is 3.39. The molecule has 6 heteroatoms. The Labute approximate surface area is 177 Å². The third-order valence-corrected chi connectivity index (χ3v) is 14.8. The first-order valence-electron chi connectivity index (χ1n) is 10.3. The highest BCUT2D eigenvalue weighted by Crippen LogP contribution is 2.62. The van der Waals surface area contributed by atoms with Crippen LogP contribution in [-0.4, -0.2) is 52.9 Å².